The van der Waals surface area contributed by atoms with Crippen LogP contribution in [0.2, 0.25) is 5.02 Å². The van der Waals surface area contributed by atoms with Crippen molar-refractivity contribution < 1.29 is 14.2 Å². The molecule has 6 atom stereocenters. The lowest BCUT2D eigenvalue weighted by molar-refractivity contribution is -0.0553. The van der Waals surface area contributed by atoms with Crippen molar-refractivity contribution in [2.24, 2.45) is 11.8 Å². The van der Waals surface area contributed by atoms with Gasteiger partial charge in [0, 0.05) is 23.0 Å². The zero-order valence-corrected chi connectivity index (χ0v) is 23.5. The van der Waals surface area contributed by atoms with Gasteiger partial charge in [-0.1, -0.05) is 97.7 Å². The largest absolute Gasteiger partial charge is 0.387 e. The predicted octanol–water partition coefficient (Wildman–Crippen LogP) is 8.42. The van der Waals surface area contributed by atoms with Gasteiger partial charge >= 0.3 is 0 Å². The van der Waals surface area contributed by atoms with Crippen LogP contribution in [0.5, 0.6) is 0 Å². The quantitative estimate of drug-likeness (QED) is 0.321. The summed E-state index contributed by atoms with van der Waals surface area (Å²) in [5.74, 6) is 0.779. The predicted molar refractivity (Wildman–Crippen MR) is 151 cm³/mol. The zero-order valence-electron chi connectivity index (χ0n) is 21.8. The highest BCUT2D eigenvalue weighted by molar-refractivity contribution is 7.57. The molecule has 1 aliphatic carbocycles. The molecule has 1 N–H and O–H groups in total. The van der Waals surface area contributed by atoms with Crippen LogP contribution in [-0.4, -0.2) is 21.4 Å². The standard InChI is InChI=1S/C31H37ClNO3P/c1-22-14-19-27-28(20-22)36-37(35,33(31(27,2)3)21-23-10-6-4-7-11-23)30(25-12-8-5-9-13-25)29(34)24-15-17-26(32)18-16-24/h4-13,15-18,22,27-30,34H,14,19-21H2,1-3H3/t22-,27-,28-,29-,30-,37+/m1/s1. The molecule has 1 saturated heterocycles. The molecule has 2 fully saturated rings. The lowest BCUT2D eigenvalue weighted by Gasteiger charge is -2.58. The van der Waals surface area contributed by atoms with E-state index in [4.69, 9.17) is 16.1 Å². The average molecular weight is 538 g/mol. The fraction of sp³-hybridized carbons (Fsp3) is 0.419. The number of aliphatic hydroxyl groups is 1. The van der Waals surface area contributed by atoms with Gasteiger partial charge in [-0.2, -0.15) is 0 Å². The van der Waals surface area contributed by atoms with Crippen molar-refractivity contribution in [2.75, 3.05) is 0 Å². The van der Waals surface area contributed by atoms with Gasteiger partial charge in [-0.3, -0.25) is 4.57 Å². The number of hydrogen-bond acceptors (Lipinski definition) is 3. The summed E-state index contributed by atoms with van der Waals surface area (Å²) in [6.07, 6.45) is 1.93. The third-order valence-electron chi connectivity index (χ3n) is 8.43. The van der Waals surface area contributed by atoms with E-state index in [2.05, 4.69) is 37.6 Å². The number of hydrogen-bond donors (Lipinski definition) is 1. The molecule has 37 heavy (non-hydrogen) atoms. The average Bonchev–Trinajstić information content (AvgIpc) is 2.88. The van der Waals surface area contributed by atoms with Crippen LogP contribution < -0.4 is 0 Å². The maximum atomic E-state index is 15.6. The smallest absolute Gasteiger partial charge is 0.283 e. The summed E-state index contributed by atoms with van der Waals surface area (Å²) in [5, 5.41) is 12.5. The Kier molecular flexibility index (Phi) is 7.69. The number of aliphatic hydroxyl groups excluding tert-OH is 1. The topological polar surface area (TPSA) is 49.8 Å². The lowest BCUT2D eigenvalue weighted by Crippen LogP contribution is -2.58. The van der Waals surface area contributed by atoms with Gasteiger partial charge in [0.2, 0.25) is 0 Å². The van der Waals surface area contributed by atoms with E-state index in [0.717, 1.165) is 30.4 Å². The van der Waals surface area contributed by atoms with E-state index in [-0.39, 0.29) is 17.6 Å². The molecule has 196 valence electrons. The number of halogens is 1. The minimum atomic E-state index is -3.64. The molecule has 3 aromatic rings. The van der Waals surface area contributed by atoms with Crippen molar-refractivity contribution in [3.63, 3.8) is 0 Å². The second-order valence-electron chi connectivity index (χ2n) is 11.3. The Morgan fingerprint density at radius 3 is 2.24 bits per heavy atom. The van der Waals surface area contributed by atoms with Crippen molar-refractivity contribution in [3.8, 4) is 0 Å². The first-order valence-electron chi connectivity index (χ1n) is 13.3. The highest BCUT2D eigenvalue weighted by Crippen LogP contribution is 2.73. The molecule has 1 heterocycles. The molecule has 0 amide bonds. The molecular formula is C31H37ClNO3P. The van der Waals surface area contributed by atoms with E-state index in [1.54, 1.807) is 12.1 Å². The first-order chi connectivity index (χ1) is 17.7. The molecule has 4 nitrogen and oxygen atoms in total. The van der Waals surface area contributed by atoms with E-state index in [1.807, 2.05) is 60.7 Å². The Morgan fingerprint density at radius 1 is 0.973 bits per heavy atom. The van der Waals surface area contributed by atoms with Crippen molar-refractivity contribution in [2.45, 2.75) is 70.0 Å². The molecule has 1 saturated carbocycles. The Balaban J connectivity index is 1.67. The molecule has 1 aliphatic heterocycles. The number of fused-ring (bicyclic) bond motifs is 1. The summed E-state index contributed by atoms with van der Waals surface area (Å²) >= 11 is 6.16. The van der Waals surface area contributed by atoms with Crippen LogP contribution in [0.1, 0.15) is 68.5 Å². The summed E-state index contributed by atoms with van der Waals surface area (Å²) in [6.45, 7) is 7.18. The highest BCUT2D eigenvalue weighted by atomic mass is 35.5. The van der Waals surface area contributed by atoms with E-state index in [1.165, 1.54) is 0 Å². The van der Waals surface area contributed by atoms with Gasteiger partial charge in [0.15, 0.2) is 0 Å². The summed E-state index contributed by atoms with van der Waals surface area (Å²) in [6, 6.07) is 27.1. The van der Waals surface area contributed by atoms with Crippen molar-refractivity contribution in [1.29, 1.82) is 0 Å². The second kappa shape index (κ2) is 10.7. The zero-order chi connectivity index (χ0) is 26.2. The highest BCUT2D eigenvalue weighted by Gasteiger charge is 2.59. The summed E-state index contributed by atoms with van der Waals surface area (Å²) < 4.78 is 24.6. The van der Waals surface area contributed by atoms with E-state index in [9.17, 15) is 5.11 Å². The lowest BCUT2D eigenvalue weighted by atomic mass is 9.71. The molecule has 6 heteroatoms. The van der Waals surface area contributed by atoms with Crippen LogP contribution in [-0.2, 0) is 15.6 Å². The molecule has 0 radical (unpaired) electrons. The van der Waals surface area contributed by atoms with Crippen molar-refractivity contribution in [3.05, 3.63) is 107 Å². The first kappa shape index (κ1) is 26.7. The summed E-state index contributed by atoms with van der Waals surface area (Å²) in [4.78, 5) is 0. The molecule has 5 rings (SSSR count). The van der Waals surface area contributed by atoms with Gasteiger partial charge < -0.3 is 9.63 Å². The molecule has 3 aromatic carbocycles. The minimum absolute atomic E-state index is 0.111. The maximum Gasteiger partial charge on any atom is 0.283 e. The third kappa shape index (κ3) is 5.20. The summed E-state index contributed by atoms with van der Waals surface area (Å²) in [7, 11) is -3.64. The number of nitrogens with zero attached hydrogens (tertiary/aromatic N) is 1. The van der Waals surface area contributed by atoms with Gasteiger partial charge in [0.1, 0.15) is 5.66 Å². The molecule has 0 spiro atoms. The third-order valence-corrected chi connectivity index (χ3v) is 11.9. The van der Waals surface area contributed by atoms with Gasteiger partial charge in [-0.15, -0.1) is 0 Å². The second-order valence-corrected chi connectivity index (χ2v) is 14.1. The fourth-order valence-electron chi connectivity index (χ4n) is 6.37. The molecule has 2 aliphatic rings. The van der Waals surface area contributed by atoms with Crippen molar-refractivity contribution >= 4 is 19.1 Å². The maximum absolute atomic E-state index is 15.6. The SMILES string of the molecule is C[C@@H]1CC[C@@H]2[C@@H](C1)O[P@@](=O)([C@H](c1ccccc1)[C@H](O)c1ccc(Cl)cc1)N(Cc1ccccc1)C2(C)C. The van der Waals surface area contributed by atoms with Gasteiger partial charge in [-0.05, 0) is 61.4 Å². The van der Waals surface area contributed by atoms with Crippen LogP contribution in [0.25, 0.3) is 0 Å². The molecule has 0 bridgehead atoms. The number of rotatable bonds is 6. The Morgan fingerprint density at radius 2 is 1.59 bits per heavy atom. The van der Waals surface area contributed by atoms with Crippen LogP contribution in [0.3, 0.4) is 0 Å². The normalized spacial score (nSPS) is 29.3. The van der Waals surface area contributed by atoms with Crippen LogP contribution >= 0.6 is 19.1 Å². The molecule has 0 unspecified atom stereocenters. The van der Waals surface area contributed by atoms with Crippen LogP contribution in [0, 0.1) is 11.8 Å². The monoisotopic (exact) mass is 537 g/mol. The Labute approximate surface area is 226 Å². The van der Waals surface area contributed by atoms with Crippen LogP contribution in [0.4, 0.5) is 0 Å². The van der Waals surface area contributed by atoms with Gasteiger partial charge in [0.25, 0.3) is 7.52 Å². The Bertz CT molecular complexity index is 1230. The molecule has 0 aromatic heterocycles. The van der Waals surface area contributed by atoms with Crippen LogP contribution in [0.15, 0.2) is 84.9 Å². The van der Waals surface area contributed by atoms with E-state index >= 15 is 4.57 Å². The van der Waals surface area contributed by atoms with Crippen molar-refractivity contribution in [1.82, 2.24) is 4.67 Å². The first-order valence-corrected chi connectivity index (χ1v) is 15.3. The van der Waals surface area contributed by atoms with E-state index < -0.39 is 19.3 Å². The minimum Gasteiger partial charge on any atom is -0.387 e. The Hall–Kier alpha value is -1.94. The summed E-state index contributed by atoms with van der Waals surface area (Å²) in [5.41, 5.74) is 1.42. The molecular weight excluding hydrogens is 501 g/mol. The number of benzene rings is 3. The van der Waals surface area contributed by atoms with E-state index in [0.29, 0.717) is 23.0 Å². The van der Waals surface area contributed by atoms with Gasteiger partial charge in [-0.25, -0.2) is 4.67 Å². The fourth-order valence-corrected chi connectivity index (χ4v) is 9.97. The van der Waals surface area contributed by atoms with Gasteiger partial charge in [0.05, 0.1) is 12.2 Å².